The van der Waals surface area contributed by atoms with E-state index in [9.17, 15) is 9.59 Å². The van der Waals surface area contributed by atoms with E-state index in [4.69, 9.17) is 23.5 Å². The molecule has 10 nitrogen and oxygen atoms in total. The summed E-state index contributed by atoms with van der Waals surface area (Å²) in [6.07, 6.45) is 0.245. The molecule has 0 radical (unpaired) electrons. The highest BCUT2D eigenvalue weighted by atomic mass is 16.5. The molecule has 3 rings (SSSR count). The zero-order valence-electron chi connectivity index (χ0n) is 16.4. The van der Waals surface area contributed by atoms with Crippen molar-refractivity contribution in [2.24, 2.45) is 0 Å². The van der Waals surface area contributed by atoms with Crippen LogP contribution in [0, 0.1) is 0 Å². The van der Waals surface area contributed by atoms with Crippen molar-refractivity contribution >= 4 is 11.9 Å². The van der Waals surface area contributed by atoms with Crippen LogP contribution in [-0.4, -0.2) is 74.0 Å². The third-order valence-electron chi connectivity index (χ3n) is 4.37. The summed E-state index contributed by atoms with van der Waals surface area (Å²) in [7, 11) is 3.09. The highest BCUT2D eigenvalue weighted by Crippen LogP contribution is 2.31. The Balaban J connectivity index is 1.48. The predicted molar refractivity (Wildman–Crippen MR) is 99.5 cm³/mol. The minimum atomic E-state index is -0.502. The average Bonchev–Trinajstić information content (AvgIpc) is 3.25. The molecule has 1 aliphatic rings. The van der Waals surface area contributed by atoms with Crippen LogP contribution in [-0.2, 0) is 25.5 Å². The van der Waals surface area contributed by atoms with Gasteiger partial charge >= 0.3 is 5.97 Å². The minimum absolute atomic E-state index is 0.0317. The van der Waals surface area contributed by atoms with Crippen LogP contribution in [0.1, 0.15) is 12.3 Å². The fraction of sp³-hybridized carbons (Fsp3) is 0.474. The quantitative estimate of drug-likeness (QED) is 0.595. The lowest BCUT2D eigenvalue weighted by molar-refractivity contribution is -0.153. The summed E-state index contributed by atoms with van der Waals surface area (Å²) >= 11 is 0. The summed E-state index contributed by atoms with van der Waals surface area (Å²) in [5.41, 5.74) is 0.691. The largest absolute Gasteiger partial charge is 0.493 e. The number of rotatable bonds is 8. The van der Waals surface area contributed by atoms with Crippen molar-refractivity contribution in [3.63, 3.8) is 0 Å². The molecule has 0 unspecified atom stereocenters. The van der Waals surface area contributed by atoms with Crippen molar-refractivity contribution < 1.29 is 33.1 Å². The van der Waals surface area contributed by atoms with E-state index in [0.717, 1.165) is 0 Å². The lowest BCUT2D eigenvalue weighted by atomic mass is 10.2. The molecule has 1 fully saturated rings. The Hall–Kier alpha value is -3.14. The highest BCUT2D eigenvalue weighted by molar-refractivity contribution is 5.80. The van der Waals surface area contributed by atoms with Gasteiger partial charge in [-0.2, -0.15) is 4.98 Å². The maximum atomic E-state index is 12.0. The summed E-state index contributed by atoms with van der Waals surface area (Å²) in [4.78, 5) is 29.8. The average molecular weight is 405 g/mol. The molecule has 0 atom stereocenters. The topological polar surface area (TPSA) is 113 Å². The van der Waals surface area contributed by atoms with Gasteiger partial charge in [0.05, 0.1) is 33.9 Å². The first-order valence-electron chi connectivity index (χ1n) is 9.17. The number of carbonyl (C=O) groups excluding carboxylic acids is 2. The van der Waals surface area contributed by atoms with E-state index in [1.54, 1.807) is 37.3 Å². The molecule has 1 saturated heterocycles. The number of esters is 1. The fourth-order valence-corrected chi connectivity index (χ4v) is 2.78. The summed E-state index contributed by atoms with van der Waals surface area (Å²) in [6, 6.07) is 5.26. The lowest BCUT2D eigenvalue weighted by Gasteiger charge is -2.26. The van der Waals surface area contributed by atoms with Crippen molar-refractivity contribution in [3.8, 4) is 22.9 Å². The molecule has 156 valence electrons. The number of aromatic nitrogens is 2. The second kappa shape index (κ2) is 9.87. The van der Waals surface area contributed by atoms with Crippen molar-refractivity contribution in [1.29, 1.82) is 0 Å². The first kappa shape index (κ1) is 20.6. The van der Waals surface area contributed by atoms with Crippen LogP contribution in [0.5, 0.6) is 11.5 Å². The second-order valence-corrected chi connectivity index (χ2v) is 6.24. The van der Waals surface area contributed by atoms with E-state index in [1.807, 2.05) is 0 Å². The number of aryl methyl sites for hydroxylation is 1. The Labute approximate surface area is 167 Å². The van der Waals surface area contributed by atoms with Gasteiger partial charge in [-0.1, -0.05) is 5.16 Å². The molecule has 0 N–H and O–H groups in total. The first-order chi connectivity index (χ1) is 14.1. The number of ether oxygens (including phenoxy) is 4. The number of nitrogens with zero attached hydrogens (tertiary/aromatic N) is 3. The molecule has 1 amide bonds. The van der Waals surface area contributed by atoms with E-state index in [0.29, 0.717) is 55.1 Å². The van der Waals surface area contributed by atoms with Crippen LogP contribution in [0.3, 0.4) is 0 Å². The molecule has 1 aromatic heterocycles. The second-order valence-electron chi connectivity index (χ2n) is 6.24. The van der Waals surface area contributed by atoms with E-state index in [1.165, 1.54) is 0 Å². The number of benzene rings is 1. The van der Waals surface area contributed by atoms with E-state index in [-0.39, 0.29) is 25.4 Å². The molecule has 0 aliphatic carbocycles. The van der Waals surface area contributed by atoms with Gasteiger partial charge in [-0.25, -0.2) is 0 Å². The maximum Gasteiger partial charge on any atom is 0.306 e. The normalized spacial score (nSPS) is 13.8. The van der Waals surface area contributed by atoms with Crippen LogP contribution >= 0.6 is 0 Å². The van der Waals surface area contributed by atoms with Gasteiger partial charge in [0.15, 0.2) is 18.1 Å². The fourth-order valence-electron chi connectivity index (χ4n) is 2.78. The molecular weight excluding hydrogens is 382 g/mol. The van der Waals surface area contributed by atoms with Crippen LogP contribution in [0.25, 0.3) is 11.4 Å². The predicted octanol–water partition coefficient (Wildman–Crippen LogP) is 1.09. The molecular formula is C19H23N3O7. The Morgan fingerprint density at radius 3 is 2.62 bits per heavy atom. The monoisotopic (exact) mass is 405 g/mol. The van der Waals surface area contributed by atoms with Gasteiger partial charge in [0.2, 0.25) is 11.7 Å². The molecule has 0 spiro atoms. The maximum absolute atomic E-state index is 12.0. The Morgan fingerprint density at radius 1 is 1.14 bits per heavy atom. The van der Waals surface area contributed by atoms with Gasteiger partial charge in [0.1, 0.15) is 0 Å². The smallest absolute Gasteiger partial charge is 0.306 e. The third-order valence-corrected chi connectivity index (χ3v) is 4.37. The number of hydrogen-bond donors (Lipinski definition) is 0. The third kappa shape index (κ3) is 5.44. The Morgan fingerprint density at radius 2 is 1.90 bits per heavy atom. The van der Waals surface area contributed by atoms with Gasteiger partial charge < -0.3 is 28.4 Å². The summed E-state index contributed by atoms with van der Waals surface area (Å²) in [5.74, 6) is 1.08. The standard InChI is InChI=1S/C19H23N3O7/c1-25-14-4-3-13(11-15(14)26-2)19-20-16(29-21-19)5-6-18(24)28-12-17(23)22-7-9-27-10-8-22/h3-4,11H,5-10,12H2,1-2H3. The number of methoxy groups -OCH3 is 2. The molecule has 1 aromatic carbocycles. The molecule has 2 aromatic rings. The summed E-state index contributed by atoms with van der Waals surface area (Å²) < 4.78 is 25.9. The zero-order valence-corrected chi connectivity index (χ0v) is 16.4. The molecule has 0 saturated carbocycles. The zero-order chi connectivity index (χ0) is 20.6. The van der Waals surface area contributed by atoms with Crippen LogP contribution in [0.15, 0.2) is 22.7 Å². The van der Waals surface area contributed by atoms with E-state index < -0.39 is 5.97 Å². The first-order valence-corrected chi connectivity index (χ1v) is 9.17. The molecule has 0 bridgehead atoms. The number of hydrogen-bond acceptors (Lipinski definition) is 9. The Kier molecular flexibility index (Phi) is 7.01. The van der Waals surface area contributed by atoms with Gasteiger partial charge in [-0.15, -0.1) is 0 Å². The van der Waals surface area contributed by atoms with Gasteiger partial charge in [0.25, 0.3) is 5.91 Å². The summed E-state index contributed by atoms with van der Waals surface area (Å²) in [6.45, 7) is 1.74. The molecule has 29 heavy (non-hydrogen) atoms. The molecule has 10 heteroatoms. The molecule has 1 aliphatic heterocycles. The minimum Gasteiger partial charge on any atom is -0.493 e. The highest BCUT2D eigenvalue weighted by Gasteiger charge is 2.19. The van der Waals surface area contributed by atoms with Crippen LogP contribution < -0.4 is 9.47 Å². The van der Waals surface area contributed by atoms with Crippen molar-refractivity contribution in [2.45, 2.75) is 12.8 Å². The lowest BCUT2D eigenvalue weighted by Crippen LogP contribution is -2.42. The van der Waals surface area contributed by atoms with Crippen molar-refractivity contribution in [2.75, 3.05) is 47.1 Å². The number of carbonyl (C=O) groups is 2. The van der Waals surface area contributed by atoms with E-state index >= 15 is 0 Å². The number of morpholine rings is 1. The van der Waals surface area contributed by atoms with Crippen molar-refractivity contribution in [3.05, 3.63) is 24.1 Å². The summed E-state index contributed by atoms with van der Waals surface area (Å²) in [5, 5.41) is 3.92. The van der Waals surface area contributed by atoms with Crippen LogP contribution in [0.4, 0.5) is 0 Å². The number of amides is 1. The Bertz CT molecular complexity index is 846. The van der Waals surface area contributed by atoms with Gasteiger partial charge in [-0.3, -0.25) is 9.59 Å². The van der Waals surface area contributed by atoms with Crippen molar-refractivity contribution in [1.82, 2.24) is 15.0 Å². The SMILES string of the molecule is COc1ccc(-c2noc(CCC(=O)OCC(=O)N3CCOCC3)n2)cc1OC. The van der Waals surface area contributed by atoms with E-state index in [2.05, 4.69) is 10.1 Å². The van der Waals surface area contributed by atoms with Gasteiger partial charge in [0, 0.05) is 25.1 Å². The molecule has 2 heterocycles. The van der Waals surface area contributed by atoms with Crippen LogP contribution in [0.2, 0.25) is 0 Å². The van der Waals surface area contributed by atoms with Gasteiger partial charge in [-0.05, 0) is 18.2 Å².